The summed E-state index contributed by atoms with van der Waals surface area (Å²) in [5.41, 5.74) is -0.338. The van der Waals surface area contributed by atoms with Crippen molar-refractivity contribution in [2.45, 2.75) is 6.18 Å². The summed E-state index contributed by atoms with van der Waals surface area (Å²) in [6.45, 7) is 0. The normalized spacial score (nSPS) is 11.5. The Balaban J connectivity index is 2.44. The number of alkyl halides is 3. The van der Waals surface area contributed by atoms with Gasteiger partial charge in [-0.2, -0.15) is 18.3 Å². The van der Waals surface area contributed by atoms with Gasteiger partial charge in [0.05, 0.1) is 5.69 Å². The molecule has 0 unspecified atom stereocenters. The quantitative estimate of drug-likeness (QED) is 0.878. The maximum absolute atomic E-state index is 12.4. The zero-order valence-corrected chi connectivity index (χ0v) is 8.86. The van der Waals surface area contributed by atoms with Gasteiger partial charge in [-0.1, -0.05) is 0 Å². The van der Waals surface area contributed by atoms with Crippen LogP contribution in [0, 0.1) is 0 Å². The molecule has 0 atom stereocenters. The molecule has 0 aliphatic rings. The molecule has 0 aromatic carbocycles. The van der Waals surface area contributed by atoms with E-state index in [0.717, 1.165) is 10.7 Å². The highest BCUT2D eigenvalue weighted by atomic mass is 19.4. The van der Waals surface area contributed by atoms with E-state index < -0.39 is 11.9 Å². The van der Waals surface area contributed by atoms with Crippen molar-refractivity contribution < 1.29 is 13.2 Å². The van der Waals surface area contributed by atoms with Crippen molar-refractivity contribution in [1.29, 1.82) is 0 Å². The molecule has 0 radical (unpaired) electrons. The van der Waals surface area contributed by atoms with E-state index in [2.05, 4.69) is 15.4 Å². The lowest BCUT2D eigenvalue weighted by molar-refractivity contribution is -0.141. The fourth-order valence-electron chi connectivity index (χ4n) is 1.37. The molecule has 90 valence electrons. The Morgan fingerprint density at radius 2 is 2.06 bits per heavy atom. The summed E-state index contributed by atoms with van der Waals surface area (Å²) in [7, 11) is 1.66. The second-order valence-corrected chi connectivity index (χ2v) is 3.27. The van der Waals surface area contributed by atoms with Crippen LogP contribution < -0.4 is 5.32 Å². The summed E-state index contributed by atoms with van der Waals surface area (Å²) in [5, 5.41) is 6.29. The molecule has 0 amide bonds. The first-order chi connectivity index (χ1) is 8.02. The van der Waals surface area contributed by atoms with Crippen molar-refractivity contribution in [1.82, 2.24) is 14.8 Å². The standard InChI is InChI=1S/C10H9F3N4/c1-14-7-3-2-5-15-9(7)17-6-4-8(16-17)10(11,12)13/h2-6,14H,1H3. The minimum Gasteiger partial charge on any atom is -0.385 e. The Hall–Kier alpha value is -2.05. The topological polar surface area (TPSA) is 42.7 Å². The molecule has 2 rings (SSSR count). The number of nitrogens with zero attached hydrogens (tertiary/aromatic N) is 3. The zero-order valence-electron chi connectivity index (χ0n) is 8.86. The van der Waals surface area contributed by atoms with Crippen LogP contribution in [0.15, 0.2) is 30.6 Å². The second-order valence-electron chi connectivity index (χ2n) is 3.27. The smallest absolute Gasteiger partial charge is 0.385 e. The molecule has 0 spiro atoms. The molecule has 4 nitrogen and oxygen atoms in total. The van der Waals surface area contributed by atoms with Gasteiger partial charge in [0.15, 0.2) is 11.5 Å². The second kappa shape index (κ2) is 4.08. The van der Waals surface area contributed by atoms with Crippen molar-refractivity contribution in [3.05, 3.63) is 36.3 Å². The lowest BCUT2D eigenvalue weighted by Crippen LogP contribution is -2.08. The van der Waals surface area contributed by atoms with E-state index >= 15 is 0 Å². The van der Waals surface area contributed by atoms with Crippen LogP contribution >= 0.6 is 0 Å². The molecular weight excluding hydrogens is 233 g/mol. The molecule has 2 heterocycles. The number of rotatable bonds is 2. The third-order valence-corrected chi connectivity index (χ3v) is 2.15. The minimum absolute atomic E-state index is 0.325. The SMILES string of the molecule is CNc1cccnc1-n1ccc(C(F)(F)F)n1. The van der Waals surface area contributed by atoms with E-state index in [1.54, 1.807) is 19.2 Å². The van der Waals surface area contributed by atoms with Crippen LogP contribution in [0.3, 0.4) is 0 Å². The maximum Gasteiger partial charge on any atom is 0.435 e. The van der Waals surface area contributed by atoms with Gasteiger partial charge in [-0.25, -0.2) is 9.67 Å². The van der Waals surface area contributed by atoms with Gasteiger partial charge >= 0.3 is 6.18 Å². The van der Waals surface area contributed by atoms with Gasteiger partial charge in [0, 0.05) is 19.4 Å². The van der Waals surface area contributed by atoms with E-state index in [4.69, 9.17) is 0 Å². The van der Waals surface area contributed by atoms with Crippen molar-refractivity contribution in [2.24, 2.45) is 0 Å². The van der Waals surface area contributed by atoms with Crippen LogP contribution in [-0.2, 0) is 6.18 Å². The van der Waals surface area contributed by atoms with E-state index in [1.807, 2.05) is 0 Å². The molecule has 0 bridgehead atoms. The molecule has 0 saturated carbocycles. The predicted octanol–water partition coefficient (Wildman–Crippen LogP) is 2.33. The van der Waals surface area contributed by atoms with Crippen molar-refractivity contribution in [2.75, 3.05) is 12.4 Å². The summed E-state index contributed by atoms with van der Waals surface area (Å²) in [6.07, 6.45) is -1.73. The average Bonchev–Trinajstić information content (AvgIpc) is 2.77. The molecule has 17 heavy (non-hydrogen) atoms. The number of pyridine rings is 1. The Morgan fingerprint density at radius 1 is 1.29 bits per heavy atom. The number of hydrogen-bond acceptors (Lipinski definition) is 3. The molecule has 0 fully saturated rings. The van der Waals surface area contributed by atoms with Gasteiger partial charge in [-0.15, -0.1) is 0 Å². The van der Waals surface area contributed by atoms with E-state index in [-0.39, 0.29) is 0 Å². The van der Waals surface area contributed by atoms with E-state index in [0.29, 0.717) is 11.5 Å². The fourth-order valence-corrected chi connectivity index (χ4v) is 1.37. The van der Waals surface area contributed by atoms with Gasteiger partial charge in [-0.05, 0) is 18.2 Å². The molecular formula is C10H9F3N4. The van der Waals surface area contributed by atoms with Gasteiger partial charge in [-0.3, -0.25) is 0 Å². The van der Waals surface area contributed by atoms with Crippen molar-refractivity contribution >= 4 is 5.69 Å². The van der Waals surface area contributed by atoms with Gasteiger partial charge < -0.3 is 5.32 Å². The molecule has 0 aliphatic carbocycles. The summed E-state index contributed by atoms with van der Waals surface area (Å²) in [4.78, 5) is 3.99. The summed E-state index contributed by atoms with van der Waals surface area (Å²) in [5.74, 6) is 0.325. The fraction of sp³-hybridized carbons (Fsp3) is 0.200. The summed E-state index contributed by atoms with van der Waals surface area (Å²) >= 11 is 0. The molecule has 1 N–H and O–H groups in total. The minimum atomic E-state index is -4.44. The lowest BCUT2D eigenvalue weighted by Gasteiger charge is -2.07. The number of hydrogen-bond donors (Lipinski definition) is 1. The van der Waals surface area contributed by atoms with E-state index in [9.17, 15) is 13.2 Å². The van der Waals surface area contributed by atoms with Crippen LogP contribution in [0.2, 0.25) is 0 Å². The predicted molar refractivity (Wildman–Crippen MR) is 55.9 cm³/mol. The molecule has 0 aliphatic heterocycles. The highest BCUT2D eigenvalue weighted by molar-refractivity contribution is 5.55. The Kier molecular flexibility index (Phi) is 2.74. The average molecular weight is 242 g/mol. The van der Waals surface area contributed by atoms with Crippen LogP contribution in [0.1, 0.15) is 5.69 Å². The maximum atomic E-state index is 12.4. The number of halogens is 3. The third kappa shape index (κ3) is 2.22. The molecule has 7 heteroatoms. The van der Waals surface area contributed by atoms with Crippen LogP contribution in [0.5, 0.6) is 0 Å². The highest BCUT2D eigenvalue weighted by Crippen LogP contribution is 2.28. The highest BCUT2D eigenvalue weighted by Gasteiger charge is 2.33. The van der Waals surface area contributed by atoms with Gasteiger partial charge in [0.1, 0.15) is 0 Å². The number of nitrogens with one attached hydrogen (secondary N) is 1. The number of anilines is 1. The van der Waals surface area contributed by atoms with Crippen LogP contribution in [0.4, 0.5) is 18.9 Å². The van der Waals surface area contributed by atoms with Gasteiger partial charge in [0.25, 0.3) is 0 Å². The van der Waals surface area contributed by atoms with Crippen LogP contribution in [0.25, 0.3) is 5.82 Å². The summed E-state index contributed by atoms with van der Waals surface area (Å²) < 4.78 is 38.3. The number of aromatic nitrogens is 3. The third-order valence-electron chi connectivity index (χ3n) is 2.15. The monoisotopic (exact) mass is 242 g/mol. The Morgan fingerprint density at radius 3 is 2.65 bits per heavy atom. The van der Waals surface area contributed by atoms with Crippen LogP contribution in [-0.4, -0.2) is 21.8 Å². The summed E-state index contributed by atoms with van der Waals surface area (Å²) in [6, 6.07) is 4.30. The molecule has 2 aromatic rings. The molecule has 2 aromatic heterocycles. The zero-order chi connectivity index (χ0) is 12.5. The Labute approximate surface area is 95.1 Å². The lowest BCUT2D eigenvalue weighted by atomic mass is 10.4. The van der Waals surface area contributed by atoms with Crippen molar-refractivity contribution in [3.8, 4) is 5.82 Å². The van der Waals surface area contributed by atoms with Gasteiger partial charge in [0.2, 0.25) is 0 Å². The first kappa shape index (κ1) is 11.4. The van der Waals surface area contributed by atoms with Crippen molar-refractivity contribution in [3.63, 3.8) is 0 Å². The first-order valence-corrected chi connectivity index (χ1v) is 4.78. The Bertz CT molecular complexity index is 518. The van der Waals surface area contributed by atoms with E-state index in [1.165, 1.54) is 12.4 Å². The molecule has 0 saturated heterocycles. The largest absolute Gasteiger partial charge is 0.435 e. The first-order valence-electron chi connectivity index (χ1n) is 4.78.